The number of hydrogen-bond acceptors (Lipinski definition) is 6. The summed E-state index contributed by atoms with van der Waals surface area (Å²) in [6, 6.07) is 3.33. The molecule has 0 aromatic heterocycles. The van der Waals surface area contributed by atoms with Gasteiger partial charge in [0.15, 0.2) is 6.10 Å². The summed E-state index contributed by atoms with van der Waals surface area (Å²) in [6.45, 7) is 0.711. The zero-order valence-corrected chi connectivity index (χ0v) is 20.8. The quantitative estimate of drug-likeness (QED) is 0.243. The Morgan fingerprint density at radius 3 is 2.11 bits per heavy atom. The molecule has 0 bridgehead atoms. The minimum Gasteiger partial charge on any atom is -0.455 e. The van der Waals surface area contributed by atoms with Crippen LogP contribution >= 0.6 is 0 Å². The lowest BCUT2D eigenvalue weighted by atomic mass is 9.61. The van der Waals surface area contributed by atoms with E-state index in [1.807, 2.05) is 0 Å². The van der Waals surface area contributed by atoms with Crippen LogP contribution in [0.4, 0.5) is 8.78 Å². The predicted octanol–water partition coefficient (Wildman–Crippen LogP) is 1.97. The highest BCUT2D eigenvalue weighted by Crippen LogP contribution is 2.48. The lowest BCUT2D eigenvalue weighted by Crippen LogP contribution is -2.47. The van der Waals surface area contributed by atoms with Gasteiger partial charge in [-0.05, 0) is 50.0 Å². The average molecular weight is 518 g/mol. The molecule has 2 aliphatic rings. The minimum atomic E-state index is -5.76. The van der Waals surface area contributed by atoms with Gasteiger partial charge in [0, 0.05) is 0 Å². The topological polar surface area (TPSA) is 107 Å². The Bertz CT molecular complexity index is 1100. The highest BCUT2D eigenvalue weighted by molar-refractivity contribution is 7.86. The minimum absolute atomic E-state index is 0.0810. The van der Waals surface area contributed by atoms with Gasteiger partial charge in [0.25, 0.3) is 0 Å². The van der Waals surface area contributed by atoms with Gasteiger partial charge in [0.05, 0.1) is 27.5 Å². The molecule has 190 valence electrons. The van der Waals surface area contributed by atoms with Crippen LogP contribution in [-0.4, -0.2) is 59.8 Å². The molecule has 7 nitrogen and oxygen atoms in total. The Labute approximate surface area is 214 Å². The van der Waals surface area contributed by atoms with Crippen molar-refractivity contribution in [3.8, 4) is 5.75 Å². The highest BCUT2D eigenvalue weighted by Gasteiger charge is 2.53. The van der Waals surface area contributed by atoms with Crippen LogP contribution in [0.2, 0.25) is 0 Å². The van der Waals surface area contributed by atoms with Crippen molar-refractivity contribution in [1.82, 2.24) is 0 Å². The molecular formula is C23H27B3F2O7S. The molecule has 0 heterocycles. The van der Waals surface area contributed by atoms with Gasteiger partial charge in [-0.2, -0.15) is 17.2 Å². The maximum absolute atomic E-state index is 13.9. The highest BCUT2D eigenvalue weighted by atomic mass is 32.2. The van der Waals surface area contributed by atoms with Crippen molar-refractivity contribution in [3.63, 3.8) is 0 Å². The van der Waals surface area contributed by atoms with E-state index < -0.39 is 45.3 Å². The Morgan fingerprint density at radius 2 is 1.61 bits per heavy atom. The SMILES string of the molecule is [B]Cc1cc([B])c(OC(=O)C2CCCC3C(C(=O)OC(C)C(F)(F)S(=O)(=O)O)CCCC23)c(C[B])c1. The Balaban J connectivity index is 1.76. The van der Waals surface area contributed by atoms with E-state index in [0.717, 1.165) is 5.56 Å². The van der Waals surface area contributed by atoms with Crippen molar-refractivity contribution in [2.45, 2.75) is 69.4 Å². The molecule has 2 fully saturated rings. The fraction of sp³-hybridized carbons (Fsp3) is 0.652. The van der Waals surface area contributed by atoms with Gasteiger partial charge >= 0.3 is 27.3 Å². The van der Waals surface area contributed by atoms with Crippen LogP contribution in [0.5, 0.6) is 5.75 Å². The summed E-state index contributed by atoms with van der Waals surface area (Å²) in [6.07, 6.45) is 1.20. The van der Waals surface area contributed by atoms with E-state index in [-0.39, 0.29) is 35.7 Å². The zero-order chi connectivity index (χ0) is 26.8. The van der Waals surface area contributed by atoms with Crippen LogP contribution in [0.1, 0.15) is 56.6 Å². The number of esters is 2. The van der Waals surface area contributed by atoms with E-state index in [1.54, 1.807) is 12.1 Å². The second kappa shape index (κ2) is 11.2. The van der Waals surface area contributed by atoms with Crippen LogP contribution in [0.3, 0.4) is 0 Å². The summed E-state index contributed by atoms with van der Waals surface area (Å²) in [4.78, 5) is 26.0. The van der Waals surface area contributed by atoms with Crippen molar-refractivity contribution >= 4 is 51.1 Å². The number of fused-ring (bicyclic) bond motifs is 1. The first-order valence-corrected chi connectivity index (χ1v) is 13.3. The second-order valence-corrected chi connectivity index (χ2v) is 11.0. The van der Waals surface area contributed by atoms with Crippen molar-refractivity contribution in [3.05, 3.63) is 23.3 Å². The number of halogens is 2. The molecule has 2 aliphatic carbocycles. The molecule has 13 heteroatoms. The van der Waals surface area contributed by atoms with Crippen LogP contribution in [0.15, 0.2) is 12.1 Å². The first kappa shape index (κ1) is 28.7. The molecule has 3 rings (SSSR count). The van der Waals surface area contributed by atoms with Crippen molar-refractivity contribution in [2.24, 2.45) is 23.7 Å². The Hall–Kier alpha value is -1.88. The summed E-state index contributed by atoms with van der Waals surface area (Å²) >= 11 is 0. The van der Waals surface area contributed by atoms with Crippen LogP contribution < -0.4 is 10.2 Å². The smallest absolute Gasteiger partial charge is 0.405 e. The molecule has 1 aromatic rings. The molecule has 0 amide bonds. The molecule has 2 saturated carbocycles. The molecule has 1 aromatic carbocycles. The number of alkyl halides is 2. The zero-order valence-electron chi connectivity index (χ0n) is 20.0. The van der Waals surface area contributed by atoms with Gasteiger partial charge in [-0.1, -0.05) is 48.6 Å². The third-order valence-electron chi connectivity index (χ3n) is 7.32. The summed E-state index contributed by atoms with van der Waals surface area (Å²) in [5, 5.41) is -4.64. The van der Waals surface area contributed by atoms with Gasteiger partial charge in [0.1, 0.15) is 13.6 Å². The first-order valence-electron chi connectivity index (χ1n) is 11.9. The van der Waals surface area contributed by atoms with Crippen molar-refractivity contribution < 1.29 is 40.8 Å². The summed E-state index contributed by atoms with van der Waals surface area (Å²) < 4.78 is 69.1. The third-order valence-corrected chi connectivity index (χ3v) is 8.34. The van der Waals surface area contributed by atoms with Gasteiger partial charge in [-0.25, -0.2) is 0 Å². The fourth-order valence-corrected chi connectivity index (χ4v) is 5.95. The third kappa shape index (κ3) is 5.82. The molecule has 0 aliphatic heterocycles. The van der Waals surface area contributed by atoms with Crippen LogP contribution in [0, 0.1) is 23.7 Å². The predicted molar refractivity (Wildman–Crippen MR) is 130 cm³/mol. The van der Waals surface area contributed by atoms with Gasteiger partial charge < -0.3 is 9.47 Å². The maximum Gasteiger partial charge on any atom is 0.405 e. The molecule has 36 heavy (non-hydrogen) atoms. The van der Waals surface area contributed by atoms with Crippen molar-refractivity contribution in [2.75, 3.05) is 0 Å². The van der Waals surface area contributed by atoms with E-state index in [0.29, 0.717) is 51.0 Å². The Morgan fingerprint density at radius 1 is 1.06 bits per heavy atom. The molecule has 0 spiro atoms. The van der Waals surface area contributed by atoms with E-state index in [4.69, 9.17) is 37.6 Å². The lowest BCUT2D eigenvalue weighted by molar-refractivity contribution is -0.171. The van der Waals surface area contributed by atoms with Gasteiger partial charge in [-0.3, -0.25) is 14.1 Å². The van der Waals surface area contributed by atoms with Crippen LogP contribution in [0.25, 0.3) is 0 Å². The number of rotatable bonds is 8. The number of carbonyl (C=O) groups excluding carboxylic acids is 2. The first-order chi connectivity index (χ1) is 16.8. The summed E-state index contributed by atoms with van der Waals surface area (Å²) in [7, 11) is 11.8. The van der Waals surface area contributed by atoms with Gasteiger partial charge in [0.2, 0.25) is 0 Å². The average Bonchev–Trinajstić information content (AvgIpc) is 2.83. The molecule has 6 radical (unpaired) electrons. The molecule has 5 unspecified atom stereocenters. The molecule has 0 saturated heterocycles. The van der Waals surface area contributed by atoms with E-state index in [9.17, 15) is 26.8 Å². The standard InChI is InChI=1S/C23H27B3F2O7S/c1-12(23(27,28)36(31,32)33)34-21(29)17-6-2-5-16-15(17)4-3-7-18(16)22(30)35-20-14(11-25)8-13(10-24)9-19(20)26/h8-9,12,15-18H,2-7,10-11H2,1H3,(H,31,32,33). The monoisotopic (exact) mass is 518 g/mol. The second-order valence-electron chi connectivity index (χ2n) is 9.52. The van der Waals surface area contributed by atoms with E-state index >= 15 is 0 Å². The number of carbonyl (C=O) groups is 2. The molecule has 5 atom stereocenters. The van der Waals surface area contributed by atoms with Gasteiger partial charge in [-0.15, -0.1) is 0 Å². The normalized spacial score (nSPS) is 25.4. The largest absolute Gasteiger partial charge is 0.455 e. The van der Waals surface area contributed by atoms with E-state index in [2.05, 4.69) is 0 Å². The molecule has 1 N–H and O–H groups in total. The summed E-state index contributed by atoms with van der Waals surface area (Å²) in [5.74, 6) is -3.21. The maximum atomic E-state index is 13.9. The van der Waals surface area contributed by atoms with Crippen LogP contribution in [-0.2, 0) is 37.1 Å². The Kier molecular flexibility index (Phi) is 8.97. The van der Waals surface area contributed by atoms with Crippen molar-refractivity contribution in [1.29, 1.82) is 0 Å². The van der Waals surface area contributed by atoms with E-state index in [1.165, 1.54) is 0 Å². The summed E-state index contributed by atoms with van der Waals surface area (Å²) in [5.41, 5.74) is 1.51. The number of hydrogen-bond donors (Lipinski definition) is 1. The fourth-order valence-electron chi connectivity index (χ4n) is 5.48. The number of ether oxygens (including phenoxy) is 2. The lowest BCUT2D eigenvalue weighted by Gasteiger charge is -2.44. The molecular weight excluding hydrogens is 491 g/mol. The number of benzene rings is 1.